The quantitative estimate of drug-likeness (QED) is 0.631. The summed E-state index contributed by atoms with van der Waals surface area (Å²) in [4.78, 5) is 1.23. The molecule has 1 rings (SSSR count). The van der Waals surface area contributed by atoms with Crippen LogP contribution >= 0.6 is 11.3 Å². The molecular weight excluding hydrogens is 218 g/mol. The fourth-order valence-electron chi connectivity index (χ4n) is 1.17. The molecule has 0 aromatic carbocycles. The number of nitrogens with two attached hydrogens (primary N) is 1. The maximum absolute atomic E-state index is 5.59. The lowest BCUT2D eigenvalue weighted by atomic mass is 10.1. The van der Waals surface area contributed by atoms with Crippen LogP contribution in [0.1, 0.15) is 30.7 Å². The Kier molecular flexibility index (Phi) is 6.17. The van der Waals surface area contributed by atoms with Crippen molar-refractivity contribution >= 4 is 11.3 Å². The second kappa shape index (κ2) is 7.45. The molecule has 2 nitrogen and oxygen atoms in total. The van der Waals surface area contributed by atoms with E-state index < -0.39 is 0 Å². The molecule has 0 bridgehead atoms. The fourth-order valence-corrected chi connectivity index (χ4v) is 1.92. The normalized spacial score (nSPS) is 10.2. The second-order valence-electron chi connectivity index (χ2n) is 4.04. The monoisotopic (exact) mass is 237 g/mol. The van der Waals surface area contributed by atoms with Crippen LogP contribution in [0.4, 0.5) is 0 Å². The Morgan fingerprint density at radius 3 is 3.00 bits per heavy atom. The van der Waals surface area contributed by atoms with E-state index in [1.54, 1.807) is 11.3 Å². The van der Waals surface area contributed by atoms with Gasteiger partial charge in [0.25, 0.3) is 0 Å². The third-order valence-corrected chi connectivity index (χ3v) is 2.98. The van der Waals surface area contributed by atoms with Crippen LogP contribution in [0.15, 0.2) is 11.4 Å². The molecule has 2 N–H and O–H groups in total. The molecule has 0 saturated heterocycles. The SMILES string of the molecule is CC(C)CCOCc1cc(C#CCN)cs1. The average Bonchev–Trinajstić information content (AvgIpc) is 2.69. The zero-order chi connectivity index (χ0) is 11.8. The molecule has 0 aliphatic carbocycles. The van der Waals surface area contributed by atoms with E-state index in [4.69, 9.17) is 10.5 Å². The summed E-state index contributed by atoms with van der Waals surface area (Å²) in [7, 11) is 0. The van der Waals surface area contributed by atoms with Crippen molar-refractivity contribution in [1.82, 2.24) is 0 Å². The van der Waals surface area contributed by atoms with Crippen LogP contribution < -0.4 is 5.73 Å². The van der Waals surface area contributed by atoms with Gasteiger partial charge >= 0.3 is 0 Å². The Hall–Kier alpha value is -0.820. The van der Waals surface area contributed by atoms with Crippen LogP contribution in [0.25, 0.3) is 0 Å². The van der Waals surface area contributed by atoms with Gasteiger partial charge in [-0.3, -0.25) is 0 Å². The van der Waals surface area contributed by atoms with Crippen LogP contribution in [0.3, 0.4) is 0 Å². The van der Waals surface area contributed by atoms with E-state index >= 15 is 0 Å². The molecule has 0 atom stereocenters. The van der Waals surface area contributed by atoms with Gasteiger partial charge in [0, 0.05) is 22.4 Å². The number of hydrogen-bond donors (Lipinski definition) is 1. The molecule has 1 heterocycles. The summed E-state index contributed by atoms with van der Waals surface area (Å²) in [6, 6.07) is 2.07. The zero-order valence-electron chi connectivity index (χ0n) is 9.95. The minimum absolute atomic E-state index is 0.413. The molecule has 0 fully saturated rings. The number of rotatable bonds is 5. The van der Waals surface area contributed by atoms with Crippen molar-refractivity contribution in [2.75, 3.05) is 13.2 Å². The summed E-state index contributed by atoms with van der Waals surface area (Å²) in [5.41, 5.74) is 6.35. The van der Waals surface area contributed by atoms with Gasteiger partial charge in [-0.25, -0.2) is 0 Å². The predicted molar refractivity (Wildman–Crippen MR) is 69.4 cm³/mol. The highest BCUT2D eigenvalue weighted by Crippen LogP contribution is 2.15. The van der Waals surface area contributed by atoms with Crippen molar-refractivity contribution < 1.29 is 4.74 Å². The summed E-state index contributed by atoms with van der Waals surface area (Å²) in [6.07, 6.45) is 1.12. The molecule has 16 heavy (non-hydrogen) atoms. The summed E-state index contributed by atoms with van der Waals surface area (Å²) in [5.74, 6) is 6.56. The van der Waals surface area contributed by atoms with Crippen LogP contribution in [0.2, 0.25) is 0 Å². The molecule has 0 saturated carbocycles. The third-order valence-electron chi connectivity index (χ3n) is 2.07. The molecule has 0 aliphatic rings. The summed E-state index contributed by atoms with van der Waals surface area (Å²) >= 11 is 1.69. The molecule has 88 valence electrons. The molecular formula is C13H19NOS. The van der Waals surface area contributed by atoms with E-state index in [1.165, 1.54) is 4.88 Å². The van der Waals surface area contributed by atoms with E-state index in [9.17, 15) is 0 Å². The Morgan fingerprint density at radius 1 is 1.50 bits per heavy atom. The lowest BCUT2D eigenvalue weighted by Gasteiger charge is -2.04. The molecule has 0 radical (unpaired) electrons. The topological polar surface area (TPSA) is 35.2 Å². The van der Waals surface area contributed by atoms with Gasteiger partial charge in [0.1, 0.15) is 0 Å². The first-order valence-corrected chi connectivity index (χ1v) is 6.44. The van der Waals surface area contributed by atoms with Crippen molar-refractivity contribution in [2.45, 2.75) is 26.9 Å². The molecule has 0 aliphatic heterocycles. The van der Waals surface area contributed by atoms with Crippen molar-refractivity contribution in [3.63, 3.8) is 0 Å². The van der Waals surface area contributed by atoms with E-state index in [-0.39, 0.29) is 0 Å². The first-order chi connectivity index (χ1) is 7.72. The number of ether oxygens (including phenoxy) is 1. The maximum atomic E-state index is 5.59. The first-order valence-electron chi connectivity index (χ1n) is 5.56. The minimum atomic E-state index is 0.413. The van der Waals surface area contributed by atoms with Crippen molar-refractivity contribution in [1.29, 1.82) is 0 Å². The largest absolute Gasteiger partial charge is 0.376 e. The highest BCUT2D eigenvalue weighted by Gasteiger charge is 1.99. The number of thiophene rings is 1. The molecule has 0 unspecified atom stereocenters. The van der Waals surface area contributed by atoms with Crippen molar-refractivity contribution in [3.8, 4) is 11.8 Å². The van der Waals surface area contributed by atoms with E-state index in [0.29, 0.717) is 19.1 Å². The van der Waals surface area contributed by atoms with Crippen LogP contribution in [-0.4, -0.2) is 13.2 Å². The molecule has 0 amide bonds. The second-order valence-corrected chi connectivity index (χ2v) is 5.04. The summed E-state index contributed by atoms with van der Waals surface area (Å²) in [6.45, 7) is 6.35. The molecule has 0 spiro atoms. The molecule has 1 aromatic heterocycles. The lowest BCUT2D eigenvalue weighted by Crippen LogP contribution is -1.98. The Bertz CT molecular complexity index is 359. The average molecular weight is 237 g/mol. The van der Waals surface area contributed by atoms with E-state index in [2.05, 4.69) is 31.8 Å². The minimum Gasteiger partial charge on any atom is -0.376 e. The molecule has 3 heteroatoms. The maximum Gasteiger partial charge on any atom is 0.0809 e. The Morgan fingerprint density at radius 2 is 2.31 bits per heavy atom. The van der Waals surface area contributed by atoms with Gasteiger partial charge < -0.3 is 10.5 Å². The Balaban J connectivity index is 2.29. The third kappa shape index (κ3) is 5.32. The predicted octanol–water partition coefficient (Wildman–Crippen LogP) is 2.62. The van der Waals surface area contributed by atoms with Crippen molar-refractivity contribution in [3.05, 3.63) is 21.9 Å². The van der Waals surface area contributed by atoms with Crippen LogP contribution in [-0.2, 0) is 11.3 Å². The van der Waals surface area contributed by atoms with Gasteiger partial charge in [0.2, 0.25) is 0 Å². The first kappa shape index (κ1) is 13.2. The molecule has 1 aromatic rings. The van der Waals surface area contributed by atoms with Gasteiger partial charge in [-0.2, -0.15) is 0 Å². The lowest BCUT2D eigenvalue weighted by molar-refractivity contribution is 0.112. The van der Waals surface area contributed by atoms with Gasteiger partial charge in [-0.15, -0.1) is 11.3 Å². The van der Waals surface area contributed by atoms with Crippen molar-refractivity contribution in [2.24, 2.45) is 11.7 Å². The standard InChI is InChI=1S/C13H19NOS/c1-11(2)5-7-15-9-13-8-12(10-16-13)4-3-6-14/h8,10-11H,5-7,9,14H2,1-2H3. The summed E-state index contributed by atoms with van der Waals surface area (Å²) in [5, 5.41) is 2.05. The van der Waals surface area contributed by atoms with Gasteiger partial charge in [0.05, 0.1) is 13.2 Å². The van der Waals surface area contributed by atoms with E-state index in [1.807, 2.05) is 5.38 Å². The summed E-state index contributed by atoms with van der Waals surface area (Å²) < 4.78 is 5.59. The highest BCUT2D eigenvalue weighted by molar-refractivity contribution is 7.10. The smallest absolute Gasteiger partial charge is 0.0809 e. The van der Waals surface area contributed by atoms with Gasteiger partial charge in [0.15, 0.2) is 0 Å². The van der Waals surface area contributed by atoms with Gasteiger partial charge in [-0.1, -0.05) is 25.7 Å². The van der Waals surface area contributed by atoms with Crippen LogP contribution in [0.5, 0.6) is 0 Å². The fraction of sp³-hybridized carbons (Fsp3) is 0.538. The zero-order valence-corrected chi connectivity index (χ0v) is 10.8. The number of hydrogen-bond acceptors (Lipinski definition) is 3. The van der Waals surface area contributed by atoms with Crippen LogP contribution in [0, 0.1) is 17.8 Å². The highest BCUT2D eigenvalue weighted by atomic mass is 32.1. The Labute approximate surface area is 102 Å². The van der Waals surface area contributed by atoms with E-state index in [0.717, 1.165) is 18.6 Å². The van der Waals surface area contributed by atoms with Gasteiger partial charge in [-0.05, 0) is 18.4 Å².